The number of urea groups is 1. The molecule has 1 atom stereocenters. The molecule has 120 valence electrons. The fourth-order valence-electron chi connectivity index (χ4n) is 1.60. The van der Waals surface area contributed by atoms with E-state index in [1.54, 1.807) is 0 Å². The number of aliphatic carboxylic acids is 1. The standard InChI is InChI=1S/C13H17N3O6/c1-3-8-4-5-9(16(21)22)6-10(8)15-12(19)14-7-13(2,20)11(17)18/h4-6,20H,3,7H2,1-2H3,(H,17,18)(H2,14,15,19). The molecule has 0 saturated carbocycles. The van der Waals surface area contributed by atoms with E-state index in [9.17, 15) is 24.8 Å². The zero-order valence-corrected chi connectivity index (χ0v) is 12.1. The SMILES string of the molecule is CCc1ccc([N+](=O)[O-])cc1NC(=O)NCC(C)(O)C(=O)O. The fourth-order valence-corrected chi connectivity index (χ4v) is 1.60. The van der Waals surface area contributed by atoms with E-state index < -0.39 is 29.1 Å². The molecule has 9 nitrogen and oxygen atoms in total. The maximum absolute atomic E-state index is 11.7. The first-order valence-corrected chi connectivity index (χ1v) is 6.45. The number of anilines is 1. The lowest BCUT2D eigenvalue weighted by atomic mass is 10.1. The molecule has 0 aliphatic heterocycles. The molecule has 1 aromatic carbocycles. The molecule has 1 unspecified atom stereocenters. The number of hydrogen-bond acceptors (Lipinski definition) is 5. The zero-order chi connectivity index (χ0) is 16.9. The second-order valence-electron chi connectivity index (χ2n) is 4.84. The van der Waals surface area contributed by atoms with Gasteiger partial charge in [0.15, 0.2) is 5.60 Å². The molecule has 2 amide bonds. The van der Waals surface area contributed by atoms with E-state index in [1.165, 1.54) is 18.2 Å². The number of carboxylic acids is 1. The number of carbonyl (C=O) groups excluding carboxylic acids is 1. The van der Waals surface area contributed by atoms with Gasteiger partial charge >= 0.3 is 12.0 Å². The van der Waals surface area contributed by atoms with Crippen LogP contribution in [0.25, 0.3) is 0 Å². The molecule has 4 N–H and O–H groups in total. The summed E-state index contributed by atoms with van der Waals surface area (Å²) >= 11 is 0. The van der Waals surface area contributed by atoms with Gasteiger partial charge in [-0.15, -0.1) is 0 Å². The smallest absolute Gasteiger partial charge is 0.337 e. The average molecular weight is 311 g/mol. The summed E-state index contributed by atoms with van der Waals surface area (Å²) in [4.78, 5) is 32.6. The number of benzene rings is 1. The molecule has 0 aliphatic rings. The van der Waals surface area contributed by atoms with Gasteiger partial charge in [-0.05, 0) is 18.9 Å². The van der Waals surface area contributed by atoms with Gasteiger partial charge in [0.2, 0.25) is 0 Å². The first kappa shape index (κ1) is 17.4. The summed E-state index contributed by atoms with van der Waals surface area (Å²) in [6.07, 6.45) is 0.542. The van der Waals surface area contributed by atoms with Crippen LogP contribution in [-0.2, 0) is 11.2 Å². The number of carboxylic acid groups (broad SMARTS) is 1. The van der Waals surface area contributed by atoms with Crippen molar-refractivity contribution in [1.29, 1.82) is 0 Å². The van der Waals surface area contributed by atoms with Crippen molar-refractivity contribution in [2.75, 3.05) is 11.9 Å². The average Bonchev–Trinajstić information content (AvgIpc) is 2.45. The van der Waals surface area contributed by atoms with Gasteiger partial charge in [-0.1, -0.05) is 13.0 Å². The topological polar surface area (TPSA) is 142 Å². The van der Waals surface area contributed by atoms with Crippen LogP contribution in [0.2, 0.25) is 0 Å². The van der Waals surface area contributed by atoms with Crippen molar-refractivity contribution >= 4 is 23.4 Å². The van der Waals surface area contributed by atoms with Crippen molar-refractivity contribution in [3.8, 4) is 0 Å². The first-order chi connectivity index (χ1) is 10.2. The second-order valence-corrected chi connectivity index (χ2v) is 4.84. The predicted molar refractivity (Wildman–Crippen MR) is 77.8 cm³/mol. The van der Waals surface area contributed by atoms with Crippen molar-refractivity contribution in [1.82, 2.24) is 5.32 Å². The molecule has 0 aromatic heterocycles. The number of amides is 2. The maximum atomic E-state index is 11.7. The summed E-state index contributed by atoms with van der Waals surface area (Å²) in [5.74, 6) is -1.47. The summed E-state index contributed by atoms with van der Waals surface area (Å²) in [6.45, 7) is 2.35. The largest absolute Gasteiger partial charge is 0.479 e. The highest BCUT2D eigenvalue weighted by molar-refractivity contribution is 5.91. The van der Waals surface area contributed by atoms with Crippen LogP contribution in [0.15, 0.2) is 18.2 Å². The van der Waals surface area contributed by atoms with Gasteiger partial charge < -0.3 is 20.8 Å². The third kappa shape index (κ3) is 4.42. The highest BCUT2D eigenvalue weighted by Gasteiger charge is 2.30. The van der Waals surface area contributed by atoms with E-state index in [0.717, 1.165) is 6.92 Å². The summed E-state index contributed by atoms with van der Waals surface area (Å²) in [5, 5.41) is 33.6. The molecule has 0 aliphatic carbocycles. The molecule has 22 heavy (non-hydrogen) atoms. The normalized spacial score (nSPS) is 13.0. The minimum Gasteiger partial charge on any atom is -0.479 e. The summed E-state index contributed by atoms with van der Waals surface area (Å²) in [6, 6.07) is 3.31. The molecule has 1 rings (SSSR count). The van der Waals surface area contributed by atoms with E-state index >= 15 is 0 Å². The Morgan fingerprint density at radius 3 is 2.55 bits per heavy atom. The van der Waals surface area contributed by atoms with Crippen molar-refractivity contribution in [3.05, 3.63) is 33.9 Å². The third-order valence-electron chi connectivity index (χ3n) is 2.99. The number of nitrogens with one attached hydrogen (secondary N) is 2. The van der Waals surface area contributed by atoms with Crippen molar-refractivity contribution in [3.63, 3.8) is 0 Å². The quantitative estimate of drug-likeness (QED) is 0.458. The molecule has 0 radical (unpaired) electrons. The number of hydrogen-bond donors (Lipinski definition) is 4. The van der Waals surface area contributed by atoms with Gasteiger partial charge in [0.05, 0.1) is 17.2 Å². The zero-order valence-electron chi connectivity index (χ0n) is 12.1. The minimum absolute atomic E-state index is 0.176. The number of nitro benzene ring substituents is 1. The molecular formula is C13H17N3O6. The Kier molecular flexibility index (Phi) is 5.41. The van der Waals surface area contributed by atoms with E-state index in [1.807, 2.05) is 6.92 Å². The lowest BCUT2D eigenvalue weighted by Crippen LogP contribution is -2.47. The van der Waals surface area contributed by atoms with Gasteiger partial charge in [0.25, 0.3) is 5.69 Å². The monoisotopic (exact) mass is 311 g/mol. The van der Waals surface area contributed by atoms with Gasteiger partial charge in [0, 0.05) is 12.1 Å². The van der Waals surface area contributed by atoms with Crippen LogP contribution in [0.5, 0.6) is 0 Å². The Balaban J connectivity index is 2.81. The molecule has 0 bridgehead atoms. The minimum atomic E-state index is -2.10. The Morgan fingerprint density at radius 2 is 2.05 bits per heavy atom. The van der Waals surface area contributed by atoms with Crippen molar-refractivity contribution < 1.29 is 24.7 Å². The number of aliphatic hydroxyl groups is 1. The maximum Gasteiger partial charge on any atom is 0.337 e. The van der Waals surface area contributed by atoms with Crippen LogP contribution < -0.4 is 10.6 Å². The van der Waals surface area contributed by atoms with E-state index in [-0.39, 0.29) is 11.4 Å². The number of non-ortho nitro benzene ring substituents is 1. The molecule has 0 fully saturated rings. The number of nitro groups is 1. The fraction of sp³-hybridized carbons (Fsp3) is 0.385. The Labute approximate surface area is 126 Å². The van der Waals surface area contributed by atoms with Crippen LogP contribution in [0.1, 0.15) is 19.4 Å². The predicted octanol–water partition coefficient (Wildman–Crippen LogP) is 1.11. The lowest BCUT2D eigenvalue weighted by molar-refractivity contribution is -0.384. The third-order valence-corrected chi connectivity index (χ3v) is 2.99. The van der Waals surface area contributed by atoms with E-state index in [2.05, 4.69) is 10.6 Å². The Hall–Kier alpha value is -2.68. The first-order valence-electron chi connectivity index (χ1n) is 6.45. The van der Waals surface area contributed by atoms with Gasteiger partial charge in [0.1, 0.15) is 0 Å². The van der Waals surface area contributed by atoms with Crippen LogP contribution in [0, 0.1) is 10.1 Å². The van der Waals surface area contributed by atoms with Crippen molar-refractivity contribution in [2.45, 2.75) is 25.9 Å². The van der Waals surface area contributed by atoms with Crippen LogP contribution in [0.4, 0.5) is 16.2 Å². The highest BCUT2D eigenvalue weighted by Crippen LogP contribution is 2.23. The number of nitrogens with zero attached hydrogens (tertiary/aromatic N) is 1. The second kappa shape index (κ2) is 6.85. The Morgan fingerprint density at radius 1 is 1.41 bits per heavy atom. The number of rotatable bonds is 6. The summed E-state index contributed by atoms with van der Waals surface area (Å²) in [5.41, 5.74) is -1.34. The van der Waals surface area contributed by atoms with Gasteiger partial charge in [-0.2, -0.15) is 0 Å². The van der Waals surface area contributed by atoms with Crippen LogP contribution >= 0.6 is 0 Å². The molecule has 0 heterocycles. The van der Waals surface area contributed by atoms with Crippen LogP contribution in [0.3, 0.4) is 0 Å². The van der Waals surface area contributed by atoms with Gasteiger partial charge in [-0.3, -0.25) is 10.1 Å². The van der Waals surface area contributed by atoms with Crippen molar-refractivity contribution in [2.24, 2.45) is 0 Å². The summed E-state index contributed by atoms with van der Waals surface area (Å²) < 4.78 is 0. The number of carbonyl (C=O) groups is 2. The molecule has 9 heteroatoms. The lowest BCUT2D eigenvalue weighted by Gasteiger charge is -2.18. The van der Waals surface area contributed by atoms with E-state index in [0.29, 0.717) is 12.0 Å². The Bertz CT molecular complexity index is 599. The number of aryl methyl sites for hydroxylation is 1. The highest BCUT2D eigenvalue weighted by atomic mass is 16.6. The molecule has 0 saturated heterocycles. The van der Waals surface area contributed by atoms with E-state index in [4.69, 9.17) is 5.11 Å². The molecule has 1 aromatic rings. The summed E-state index contributed by atoms with van der Waals surface area (Å²) in [7, 11) is 0. The molecule has 0 spiro atoms. The molecular weight excluding hydrogens is 294 g/mol. The van der Waals surface area contributed by atoms with Gasteiger partial charge in [-0.25, -0.2) is 9.59 Å². The van der Waals surface area contributed by atoms with Crippen LogP contribution in [-0.4, -0.2) is 39.3 Å².